The van der Waals surface area contributed by atoms with Crippen molar-refractivity contribution in [2.24, 2.45) is 0 Å². The first-order chi connectivity index (χ1) is 8.61. The molecule has 0 heterocycles. The molecule has 0 unspecified atom stereocenters. The lowest BCUT2D eigenvalue weighted by Gasteiger charge is -1.98. The molecule has 0 rings (SSSR count). The summed E-state index contributed by atoms with van der Waals surface area (Å²) < 4.78 is 4.51. The predicted octanol–water partition coefficient (Wildman–Crippen LogP) is 3.24. The number of nitro groups is 1. The summed E-state index contributed by atoms with van der Waals surface area (Å²) in [6.07, 6.45) is 9.03. The van der Waals surface area contributed by atoms with Crippen LogP contribution >= 0.6 is 0 Å². The van der Waals surface area contributed by atoms with E-state index in [4.69, 9.17) is 0 Å². The Morgan fingerprint density at radius 2 is 2.06 bits per heavy atom. The standard InChI is InChI=1S/C13H21NO4/c1-3-4-6-9-12(14(16)17)10-7-5-8-11-13(15)18-2/h4,6,10H,3,5,7-9,11H2,1-2H3/b6-4-,12-10+. The third kappa shape index (κ3) is 8.50. The lowest BCUT2D eigenvalue weighted by Crippen LogP contribution is -1.99. The number of hydrogen-bond acceptors (Lipinski definition) is 4. The van der Waals surface area contributed by atoms with Gasteiger partial charge in [0.1, 0.15) is 0 Å². The van der Waals surface area contributed by atoms with Gasteiger partial charge >= 0.3 is 5.97 Å². The van der Waals surface area contributed by atoms with Crippen molar-refractivity contribution in [1.82, 2.24) is 0 Å². The number of hydrogen-bond donors (Lipinski definition) is 0. The van der Waals surface area contributed by atoms with Crippen LogP contribution in [0.2, 0.25) is 0 Å². The van der Waals surface area contributed by atoms with Crippen LogP contribution < -0.4 is 0 Å². The van der Waals surface area contributed by atoms with Crippen LogP contribution in [-0.2, 0) is 9.53 Å². The normalized spacial score (nSPS) is 11.8. The van der Waals surface area contributed by atoms with E-state index in [0.717, 1.165) is 12.8 Å². The molecule has 0 bridgehead atoms. The quantitative estimate of drug-likeness (QED) is 0.208. The monoisotopic (exact) mass is 255 g/mol. The van der Waals surface area contributed by atoms with Gasteiger partial charge in [-0.05, 0) is 31.8 Å². The van der Waals surface area contributed by atoms with E-state index in [2.05, 4.69) is 4.74 Å². The molecular weight excluding hydrogens is 234 g/mol. The summed E-state index contributed by atoms with van der Waals surface area (Å²) in [6, 6.07) is 0. The zero-order valence-corrected chi connectivity index (χ0v) is 11.1. The molecule has 0 aromatic carbocycles. The third-order valence-corrected chi connectivity index (χ3v) is 2.41. The molecule has 0 aromatic rings. The highest BCUT2D eigenvalue weighted by atomic mass is 16.6. The van der Waals surface area contributed by atoms with Crippen molar-refractivity contribution in [2.75, 3.05) is 7.11 Å². The summed E-state index contributed by atoms with van der Waals surface area (Å²) in [5.41, 5.74) is 0.220. The topological polar surface area (TPSA) is 69.4 Å². The van der Waals surface area contributed by atoms with E-state index in [9.17, 15) is 14.9 Å². The minimum Gasteiger partial charge on any atom is -0.469 e. The lowest BCUT2D eigenvalue weighted by molar-refractivity contribution is -0.427. The zero-order valence-electron chi connectivity index (χ0n) is 11.1. The SMILES string of the molecule is CC/C=C\C/C(=C\CCCCC(=O)OC)[N+](=O)[O-]. The molecule has 0 aliphatic carbocycles. The summed E-state index contributed by atoms with van der Waals surface area (Å²) in [5.74, 6) is -0.237. The fraction of sp³-hybridized carbons (Fsp3) is 0.615. The van der Waals surface area contributed by atoms with E-state index < -0.39 is 0 Å². The number of allylic oxidation sites excluding steroid dienone is 3. The van der Waals surface area contributed by atoms with Gasteiger partial charge in [-0.15, -0.1) is 0 Å². The van der Waals surface area contributed by atoms with E-state index in [1.54, 1.807) is 6.08 Å². The molecule has 0 aliphatic rings. The van der Waals surface area contributed by atoms with Gasteiger partial charge < -0.3 is 4.74 Å². The number of carbonyl (C=O) groups excluding carboxylic acids is 1. The van der Waals surface area contributed by atoms with Crippen LogP contribution in [0.15, 0.2) is 23.9 Å². The van der Waals surface area contributed by atoms with Gasteiger partial charge in [-0.3, -0.25) is 14.9 Å². The van der Waals surface area contributed by atoms with Crippen molar-refractivity contribution in [1.29, 1.82) is 0 Å². The van der Waals surface area contributed by atoms with Gasteiger partial charge in [0.25, 0.3) is 0 Å². The van der Waals surface area contributed by atoms with Crippen LogP contribution in [-0.4, -0.2) is 18.0 Å². The maximum atomic E-state index is 10.8. The fourth-order valence-electron chi connectivity index (χ4n) is 1.39. The average molecular weight is 255 g/mol. The molecule has 0 saturated carbocycles. The van der Waals surface area contributed by atoms with Gasteiger partial charge in [0.15, 0.2) is 0 Å². The molecule has 0 N–H and O–H groups in total. The van der Waals surface area contributed by atoms with E-state index in [0.29, 0.717) is 25.7 Å². The van der Waals surface area contributed by atoms with Crippen molar-refractivity contribution in [3.05, 3.63) is 34.0 Å². The van der Waals surface area contributed by atoms with Crippen LogP contribution in [0.25, 0.3) is 0 Å². The van der Waals surface area contributed by atoms with Crippen LogP contribution in [0, 0.1) is 10.1 Å². The first-order valence-corrected chi connectivity index (χ1v) is 6.17. The molecule has 5 nitrogen and oxygen atoms in total. The Bertz CT molecular complexity index is 321. The Morgan fingerprint density at radius 3 is 2.61 bits per heavy atom. The Hall–Kier alpha value is -1.65. The molecule has 0 amide bonds. The summed E-state index contributed by atoms with van der Waals surface area (Å²) in [4.78, 5) is 21.2. The number of carbonyl (C=O) groups is 1. The van der Waals surface area contributed by atoms with Gasteiger partial charge in [-0.1, -0.05) is 19.1 Å². The number of ether oxygens (including phenoxy) is 1. The van der Waals surface area contributed by atoms with Gasteiger partial charge in [0.05, 0.1) is 18.5 Å². The predicted molar refractivity (Wildman–Crippen MR) is 69.6 cm³/mol. The highest BCUT2D eigenvalue weighted by Crippen LogP contribution is 2.09. The molecule has 0 aliphatic heterocycles. The van der Waals surface area contributed by atoms with Crippen molar-refractivity contribution < 1.29 is 14.5 Å². The molecule has 0 spiro atoms. The van der Waals surface area contributed by atoms with Crippen molar-refractivity contribution in [2.45, 2.75) is 45.4 Å². The third-order valence-electron chi connectivity index (χ3n) is 2.41. The number of nitrogens with zero attached hydrogens (tertiary/aromatic N) is 1. The Morgan fingerprint density at radius 1 is 1.33 bits per heavy atom. The van der Waals surface area contributed by atoms with Crippen molar-refractivity contribution in [3.63, 3.8) is 0 Å². The second-order valence-corrected chi connectivity index (χ2v) is 3.86. The van der Waals surface area contributed by atoms with Gasteiger partial charge in [0.2, 0.25) is 5.70 Å². The van der Waals surface area contributed by atoms with E-state index >= 15 is 0 Å². The summed E-state index contributed by atoms with van der Waals surface area (Å²) in [5, 5.41) is 10.7. The van der Waals surface area contributed by atoms with Crippen LogP contribution in [0.1, 0.15) is 45.4 Å². The molecule has 0 atom stereocenters. The molecule has 0 radical (unpaired) electrons. The maximum absolute atomic E-state index is 10.8. The fourth-order valence-corrected chi connectivity index (χ4v) is 1.39. The summed E-state index contributed by atoms with van der Waals surface area (Å²) in [6.45, 7) is 1.98. The molecular formula is C13H21NO4. The molecule has 0 aromatic heterocycles. The van der Waals surface area contributed by atoms with Gasteiger partial charge in [0, 0.05) is 6.42 Å². The van der Waals surface area contributed by atoms with Crippen LogP contribution in [0.4, 0.5) is 0 Å². The zero-order chi connectivity index (χ0) is 13.8. The van der Waals surface area contributed by atoms with E-state index in [1.807, 2.05) is 19.1 Å². The minimum absolute atomic E-state index is 0.220. The van der Waals surface area contributed by atoms with Gasteiger partial charge in [-0.25, -0.2) is 0 Å². The van der Waals surface area contributed by atoms with Crippen LogP contribution in [0.3, 0.4) is 0 Å². The maximum Gasteiger partial charge on any atom is 0.305 e. The van der Waals surface area contributed by atoms with Crippen LogP contribution in [0.5, 0.6) is 0 Å². The second kappa shape index (κ2) is 10.5. The number of unbranched alkanes of at least 4 members (excludes halogenated alkanes) is 2. The van der Waals surface area contributed by atoms with E-state index in [1.165, 1.54) is 7.11 Å². The largest absolute Gasteiger partial charge is 0.469 e. The van der Waals surface area contributed by atoms with Gasteiger partial charge in [-0.2, -0.15) is 0 Å². The summed E-state index contributed by atoms with van der Waals surface area (Å²) >= 11 is 0. The highest BCUT2D eigenvalue weighted by molar-refractivity contribution is 5.68. The Balaban J connectivity index is 3.98. The lowest BCUT2D eigenvalue weighted by atomic mass is 10.1. The smallest absolute Gasteiger partial charge is 0.305 e. The first-order valence-electron chi connectivity index (χ1n) is 6.17. The first kappa shape index (κ1) is 16.4. The Kier molecular flexibility index (Phi) is 9.54. The molecule has 0 saturated heterocycles. The Labute approximate surface area is 108 Å². The second-order valence-electron chi connectivity index (χ2n) is 3.86. The molecule has 18 heavy (non-hydrogen) atoms. The highest BCUT2D eigenvalue weighted by Gasteiger charge is 2.07. The minimum atomic E-state index is -0.347. The van der Waals surface area contributed by atoms with Crippen molar-refractivity contribution in [3.8, 4) is 0 Å². The molecule has 102 valence electrons. The average Bonchev–Trinajstić information content (AvgIpc) is 2.35. The molecule has 5 heteroatoms. The number of rotatable bonds is 9. The van der Waals surface area contributed by atoms with Crippen molar-refractivity contribution >= 4 is 5.97 Å². The number of esters is 1. The number of methoxy groups -OCH3 is 1. The molecule has 0 fully saturated rings. The van der Waals surface area contributed by atoms with E-state index in [-0.39, 0.29) is 16.6 Å². The summed E-state index contributed by atoms with van der Waals surface area (Å²) in [7, 11) is 1.35.